The number of anilines is 1. The summed E-state index contributed by atoms with van der Waals surface area (Å²) in [5, 5.41) is 5.88. The Bertz CT molecular complexity index is 1650. The normalized spacial score (nSPS) is 20.5. The van der Waals surface area contributed by atoms with Crippen LogP contribution in [0.15, 0.2) is 70.3 Å². The summed E-state index contributed by atoms with van der Waals surface area (Å²) in [6.07, 6.45) is 1.66. The number of nitrogens with two attached hydrogens (primary N) is 1. The molecule has 3 amide bonds. The number of methoxy groups -OCH3 is 1. The van der Waals surface area contributed by atoms with Crippen LogP contribution in [0.1, 0.15) is 27.0 Å². The Morgan fingerprint density at radius 1 is 1.19 bits per heavy atom. The minimum absolute atomic E-state index is 0.0997. The highest BCUT2D eigenvalue weighted by molar-refractivity contribution is 7.11. The number of nitrogens with one attached hydrogen (secondary N) is 1. The highest BCUT2D eigenvalue weighted by Crippen LogP contribution is 2.37. The number of primary amides is 1. The average Bonchev–Trinajstić information content (AvgIpc) is 3.65. The second kappa shape index (κ2) is 11.7. The van der Waals surface area contributed by atoms with E-state index in [1.165, 1.54) is 36.6 Å². The van der Waals surface area contributed by atoms with Crippen LogP contribution in [-0.4, -0.2) is 84.4 Å². The van der Waals surface area contributed by atoms with Crippen molar-refractivity contribution in [3.63, 3.8) is 0 Å². The predicted octanol–water partition coefficient (Wildman–Crippen LogP) is 3.18. The summed E-state index contributed by atoms with van der Waals surface area (Å²) in [6, 6.07) is 9.57. The first kappa shape index (κ1) is 28.8. The molecule has 3 N–H and O–H groups in total. The number of hydrogen-bond donors (Lipinski definition) is 2. The fourth-order valence-corrected chi connectivity index (χ4v) is 6.49. The minimum Gasteiger partial charge on any atom is -0.466 e. The van der Waals surface area contributed by atoms with Crippen LogP contribution in [0.4, 0.5) is 14.9 Å². The Morgan fingerprint density at radius 2 is 1.98 bits per heavy atom. The van der Waals surface area contributed by atoms with E-state index in [0.717, 1.165) is 0 Å². The van der Waals surface area contributed by atoms with E-state index in [2.05, 4.69) is 15.2 Å². The van der Waals surface area contributed by atoms with Crippen LogP contribution in [0.25, 0.3) is 0 Å². The molecule has 2 atom stereocenters. The van der Waals surface area contributed by atoms with Crippen LogP contribution in [-0.2, 0) is 9.53 Å². The van der Waals surface area contributed by atoms with Gasteiger partial charge in [-0.05, 0) is 36.4 Å². The third-order valence-electron chi connectivity index (χ3n) is 7.71. The van der Waals surface area contributed by atoms with E-state index < -0.39 is 23.7 Å². The molecule has 4 heterocycles. The number of nitrogens with zero attached hydrogens (tertiary/aromatic N) is 5. The monoisotopic (exact) mass is 623 g/mol. The lowest BCUT2D eigenvalue weighted by Gasteiger charge is -2.38. The number of aliphatic imine (C=N–C) groups is 1. The molecule has 1 aromatic heterocycles. The van der Waals surface area contributed by atoms with Gasteiger partial charge in [-0.1, -0.05) is 17.7 Å². The zero-order valence-corrected chi connectivity index (χ0v) is 24.6. The van der Waals surface area contributed by atoms with Crippen molar-refractivity contribution < 1.29 is 23.5 Å². The molecular formula is C29H27ClFN7O4S. The molecule has 3 aromatic rings. The lowest BCUT2D eigenvalue weighted by Crippen LogP contribution is -2.53. The van der Waals surface area contributed by atoms with Gasteiger partial charge in [-0.2, -0.15) is 0 Å². The first-order valence-corrected chi connectivity index (χ1v) is 14.7. The molecule has 3 aliphatic heterocycles. The van der Waals surface area contributed by atoms with Gasteiger partial charge < -0.3 is 20.7 Å². The average molecular weight is 624 g/mol. The first-order chi connectivity index (χ1) is 20.7. The summed E-state index contributed by atoms with van der Waals surface area (Å²) in [6.45, 7) is 2.38. The predicted molar refractivity (Wildman–Crippen MR) is 160 cm³/mol. The van der Waals surface area contributed by atoms with Crippen molar-refractivity contribution in [2.75, 3.05) is 44.7 Å². The number of benzene rings is 2. The van der Waals surface area contributed by atoms with Crippen molar-refractivity contribution >= 4 is 52.4 Å². The lowest BCUT2D eigenvalue weighted by molar-refractivity contribution is -0.136. The molecule has 11 nitrogen and oxygen atoms in total. The van der Waals surface area contributed by atoms with Gasteiger partial charge in [-0.3, -0.25) is 19.6 Å². The van der Waals surface area contributed by atoms with Crippen LogP contribution < -0.4 is 16.0 Å². The number of amidine groups is 1. The van der Waals surface area contributed by atoms with E-state index in [4.69, 9.17) is 27.1 Å². The standard InChI is InChI=1S/C29H27ClFN7O4S/c1-42-28(40)23-22(34-26(27-33-8-11-43-27)35-24(23)20-7-4-17(31)12-21(20)30)15-36-9-10-37-19(13-36)14-38(29(37)41)18-5-2-16(3-6-18)25(32)39/h2-8,11-12,19,24H,9-10,13-15H2,1H3,(H2,32,39)(H,34,35)/t19-,24-/m0/s1. The molecule has 2 fully saturated rings. The van der Waals surface area contributed by atoms with Crippen LogP contribution >= 0.6 is 22.9 Å². The van der Waals surface area contributed by atoms with Gasteiger partial charge in [-0.25, -0.2) is 19.0 Å². The minimum atomic E-state index is -0.857. The number of rotatable bonds is 7. The van der Waals surface area contributed by atoms with Crippen molar-refractivity contribution in [1.82, 2.24) is 20.1 Å². The van der Waals surface area contributed by atoms with E-state index in [0.29, 0.717) is 66.1 Å². The van der Waals surface area contributed by atoms with E-state index in [9.17, 15) is 18.8 Å². The summed E-state index contributed by atoms with van der Waals surface area (Å²) in [4.78, 5) is 52.8. The number of urea groups is 1. The Morgan fingerprint density at radius 3 is 2.65 bits per heavy atom. The number of esters is 1. The SMILES string of the molecule is COC(=O)C1=C(CN2CCN3C(=O)N(c4ccc(C(N)=O)cc4)C[C@@H]3C2)NC(c2nccs2)=N[C@H]1c1ccc(F)cc1Cl. The lowest BCUT2D eigenvalue weighted by atomic mass is 9.95. The summed E-state index contributed by atoms with van der Waals surface area (Å²) in [5.74, 6) is -1.16. The maximum Gasteiger partial charge on any atom is 0.338 e. The summed E-state index contributed by atoms with van der Waals surface area (Å²) in [5.41, 5.74) is 7.70. The molecule has 0 radical (unpaired) electrons. The molecule has 0 saturated carbocycles. The molecule has 6 rings (SSSR count). The van der Waals surface area contributed by atoms with Gasteiger partial charge in [0.05, 0.1) is 18.7 Å². The smallest absolute Gasteiger partial charge is 0.338 e. The Kier molecular flexibility index (Phi) is 7.86. The molecule has 14 heteroatoms. The highest BCUT2D eigenvalue weighted by Gasteiger charge is 2.42. The van der Waals surface area contributed by atoms with E-state index in [1.54, 1.807) is 35.4 Å². The fraction of sp³-hybridized carbons (Fsp3) is 0.276. The third kappa shape index (κ3) is 5.58. The number of piperazine rings is 1. The topological polar surface area (TPSA) is 133 Å². The summed E-state index contributed by atoms with van der Waals surface area (Å²) >= 11 is 7.84. The number of halogens is 2. The number of amides is 3. The second-order valence-corrected chi connectivity index (χ2v) is 11.6. The van der Waals surface area contributed by atoms with E-state index in [-0.39, 0.29) is 22.7 Å². The molecule has 2 aromatic carbocycles. The zero-order chi connectivity index (χ0) is 30.2. The van der Waals surface area contributed by atoms with Crippen molar-refractivity contribution in [2.24, 2.45) is 10.7 Å². The fourth-order valence-electron chi connectivity index (χ4n) is 5.63. The molecule has 0 bridgehead atoms. The Balaban J connectivity index is 1.28. The van der Waals surface area contributed by atoms with Gasteiger partial charge in [-0.15, -0.1) is 11.3 Å². The number of aromatic nitrogens is 1. The largest absolute Gasteiger partial charge is 0.466 e. The Labute approximate surface area is 255 Å². The maximum absolute atomic E-state index is 13.9. The second-order valence-electron chi connectivity index (χ2n) is 10.3. The molecule has 2 saturated heterocycles. The molecule has 0 unspecified atom stereocenters. The van der Waals surface area contributed by atoms with Gasteiger partial charge in [0, 0.05) is 71.8 Å². The van der Waals surface area contributed by atoms with Crippen molar-refractivity contribution in [3.8, 4) is 0 Å². The molecule has 0 spiro atoms. The van der Waals surface area contributed by atoms with Crippen molar-refractivity contribution in [3.05, 3.63) is 92.3 Å². The van der Waals surface area contributed by atoms with Crippen molar-refractivity contribution in [1.29, 1.82) is 0 Å². The van der Waals surface area contributed by atoms with Gasteiger partial charge in [0.25, 0.3) is 0 Å². The Hall–Kier alpha value is -4.33. The van der Waals surface area contributed by atoms with Crippen LogP contribution in [0.5, 0.6) is 0 Å². The number of thiazole rings is 1. The number of fused-ring (bicyclic) bond motifs is 1. The quantitative estimate of drug-likeness (QED) is 0.386. The zero-order valence-electron chi connectivity index (χ0n) is 23.0. The number of hydrogen-bond acceptors (Lipinski definition) is 9. The third-order valence-corrected chi connectivity index (χ3v) is 8.81. The van der Waals surface area contributed by atoms with Gasteiger partial charge >= 0.3 is 12.0 Å². The highest BCUT2D eigenvalue weighted by atomic mass is 35.5. The molecular weight excluding hydrogens is 597 g/mol. The number of carbonyl (C=O) groups excluding carboxylic acids is 3. The summed E-state index contributed by atoms with van der Waals surface area (Å²) < 4.78 is 19.1. The number of carbonyl (C=O) groups is 3. The molecule has 43 heavy (non-hydrogen) atoms. The molecule has 0 aliphatic carbocycles. The van der Waals surface area contributed by atoms with Crippen LogP contribution in [0, 0.1) is 5.82 Å². The molecule has 222 valence electrons. The van der Waals surface area contributed by atoms with Gasteiger partial charge in [0.2, 0.25) is 5.91 Å². The van der Waals surface area contributed by atoms with E-state index >= 15 is 0 Å². The van der Waals surface area contributed by atoms with Crippen LogP contribution in [0.3, 0.4) is 0 Å². The maximum atomic E-state index is 13.9. The van der Waals surface area contributed by atoms with Crippen molar-refractivity contribution in [2.45, 2.75) is 12.1 Å². The summed E-state index contributed by atoms with van der Waals surface area (Å²) in [7, 11) is 1.30. The molecule has 3 aliphatic rings. The van der Waals surface area contributed by atoms with E-state index in [1.807, 2.05) is 10.3 Å². The number of ether oxygens (including phenoxy) is 1. The first-order valence-electron chi connectivity index (χ1n) is 13.4. The van der Waals surface area contributed by atoms with Gasteiger partial charge in [0.1, 0.15) is 11.9 Å². The van der Waals surface area contributed by atoms with Gasteiger partial charge in [0.15, 0.2) is 10.8 Å². The van der Waals surface area contributed by atoms with Crippen LogP contribution in [0.2, 0.25) is 5.02 Å².